The van der Waals surface area contributed by atoms with Crippen LogP contribution in [0.5, 0.6) is 5.75 Å². The summed E-state index contributed by atoms with van der Waals surface area (Å²) in [5.74, 6) is 0.729. The van der Waals surface area contributed by atoms with E-state index in [2.05, 4.69) is 5.10 Å². The van der Waals surface area contributed by atoms with E-state index in [1.54, 1.807) is 13.2 Å². The number of nitrogens with zero attached hydrogens (tertiary/aromatic N) is 2. The van der Waals surface area contributed by atoms with Crippen LogP contribution in [0.2, 0.25) is 0 Å². The highest BCUT2D eigenvalue weighted by Gasteiger charge is 2.12. The number of benzene rings is 1. The zero-order chi connectivity index (χ0) is 14.7. The highest BCUT2D eigenvalue weighted by molar-refractivity contribution is 5.68. The van der Waals surface area contributed by atoms with Crippen molar-refractivity contribution in [3.8, 4) is 17.0 Å². The van der Waals surface area contributed by atoms with E-state index < -0.39 is 0 Å². The van der Waals surface area contributed by atoms with E-state index in [-0.39, 0.29) is 12.1 Å². The van der Waals surface area contributed by atoms with Crippen LogP contribution < -0.4 is 16.0 Å². The fraction of sp³-hybridized carbons (Fsp3) is 0.333. The second-order valence-electron chi connectivity index (χ2n) is 4.58. The minimum atomic E-state index is -0.134. The Morgan fingerprint density at radius 3 is 2.70 bits per heavy atom. The Morgan fingerprint density at radius 1 is 1.35 bits per heavy atom. The molecule has 1 aromatic heterocycles. The Kier molecular flexibility index (Phi) is 4.20. The number of hydrogen-bond acceptors (Lipinski definition) is 4. The number of methoxy groups -OCH3 is 1. The predicted molar refractivity (Wildman–Crippen MR) is 78.8 cm³/mol. The van der Waals surface area contributed by atoms with Crippen LogP contribution in [0.25, 0.3) is 11.3 Å². The molecule has 2 aromatic rings. The van der Waals surface area contributed by atoms with Gasteiger partial charge in [0.2, 0.25) is 0 Å². The summed E-state index contributed by atoms with van der Waals surface area (Å²) < 4.78 is 6.80. The number of rotatable bonds is 4. The highest BCUT2D eigenvalue weighted by Crippen LogP contribution is 2.29. The van der Waals surface area contributed by atoms with Crippen molar-refractivity contribution in [3.05, 3.63) is 45.7 Å². The molecule has 2 N–H and O–H groups in total. The lowest BCUT2D eigenvalue weighted by molar-refractivity contribution is 0.416. The lowest BCUT2D eigenvalue weighted by atomic mass is 10.1. The van der Waals surface area contributed by atoms with Crippen molar-refractivity contribution in [3.63, 3.8) is 0 Å². The van der Waals surface area contributed by atoms with Gasteiger partial charge in [0.1, 0.15) is 5.75 Å². The fourth-order valence-corrected chi connectivity index (χ4v) is 2.11. The van der Waals surface area contributed by atoms with Gasteiger partial charge in [-0.05, 0) is 32.0 Å². The zero-order valence-electron chi connectivity index (χ0n) is 12.0. The summed E-state index contributed by atoms with van der Waals surface area (Å²) in [6.07, 6.45) is 0. The summed E-state index contributed by atoms with van der Waals surface area (Å²) in [6.45, 7) is 4.59. The molecule has 0 aliphatic rings. The molecule has 0 unspecified atom stereocenters. The van der Waals surface area contributed by atoms with Gasteiger partial charge in [0, 0.05) is 24.2 Å². The van der Waals surface area contributed by atoms with Gasteiger partial charge in [0.15, 0.2) is 0 Å². The normalized spacial score (nSPS) is 10.6. The molecule has 0 atom stereocenters. The molecule has 5 heteroatoms. The van der Waals surface area contributed by atoms with Gasteiger partial charge in [0.05, 0.1) is 12.8 Å². The predicted octanol–water partition coefficient (Wildman–Crippen LogP) is 1.71. The van der Waals surface area contributed by atoms with Crippen molar-refractivity contribution in [2.75, 3.05) is 7.11 Å². The molecule has 1 heterocycles. The third kappa shape index (κ3) is 2.58. The Bertz CT molecular complexity index is 649. The standard InChI is InChI=1S/C15H19N3O2/c1-4-18-15(19)11(9-16)8-13(17-18)12-7-10(2)5-6-14(12)20-3/h5-8H,4,9,16H2,1-3H3. The van der Waals surface area contributed by atoms with Crippen LogP contribution >= 0.6 is 0 Å². The fourth-order valence-electron chi connectivity index (χ4n) is 2.11. The average molecular weight is 273 g/mol. The van der Waals surface area contributed by atoms with Crippen LogP contribution in [0.3, 0.4) is 0 Å². The van der Waals surface area contributed by atoms with Crippen LogP contribution in [0.15, 0.2) is 29.1 Å². The number of ether oxygens (including phenoxy) is 1. The Labute approximate surface area is 118 Å². The third-order valence-corrected chi connectivity index (χ3v) is 3.20. The maximum Gasteiger partial charge on any atom is 0.271 e. The first-order valence-corrected chi connectivity index (χ1v) is 6.56. The summed E-state index contributed by atoms with van der Waals surface area (Å²) >= 11 is 0. The molecule has 0 aliphatic carbocycles. The topological polar surface area (TPSA) is 70.1 Å². The molecular weight excluding hydrogens is 254 g/mol. The first-order chi connectivity index (χ1) is 9.60. The number of hydrogen-bond donors (Lipinski definition) is 1. The van der Waals surface area contributed by atoms with Crippen molar-refractivity contribution in [1.29, 1.82) is 0 Å². The number of nitrogens with two attached hydrogens (primary N) is 1. The Balaban J connectivity index is 2.69. The maximum absolute atomic E-state index is 12.0. The quantitative estimate of drug-likeness (QED) is 0.920. The maximum atomic E-state index is 12.0. The lowest BCUT2D eigenvalue weighted by Crippen LogP contribution is -2.27. The molecule has 1 aromatic carbocycles. The second-order valence-corrected chi connectivity index (χ2v) is 4.58. The summed E-state index contributed by atoms with van der Waals surface area (Å²) in [5, 5.41) is 4.39. The van der Waals surface area contributed by atoms with Crippen molar-refractivity contribution < 1.29 is 4.74 Å². The zero-order valence-corrected chi connectivity index (χ0v) is 12.0. The highest BCUT2D eigenvalue weighted by atomic mass is 16.5. The molecule has 0 radical (unpaired) electrons. The molecule has 5 nitrogen and oxygen atoms in total. The van der Waals surface area contributed by atoms with Crippen LogP contribution in [-0.2, 0) is 13.1 Å². The van der Waals surface area contributed by atoms with Crippen molar-refractivity contribution >= 4 is 0 Å². The van der Waals surface area contributed by atoms with Crippen molar-refractivity contribution in [1.82, 2.24) is 9.78 Å². The van der Waals surface area contributed by atoms with E-state index >= 15 is 0 Å². The molecular formula is C15H19N3O2. The second kappa shape index (κ2) is 5.88. The van der Waals surface area contributed by atoms with Gasteiger partial charge in [-0.15, -0.1) is 0 Å². The molecule has 0 fully saturated rings. The van der Waals surface area contributed by atoms with Gasteiger partial charge >= 0.3 is 0 Å². The SMILES string of the molecule is CCn1nc(-c2cc(C)ccc2OC)cc(CN)c1=O. The molecule has 20 heavy (non-hydrogen) atoms. The van der Waals surface area contributed by atoms with Crippen LogP contribution in [-0.4, -0.2) is 16.9 Å². The van der Waals surface area contributed by atoms with Gasteiger partial charge in [-0.2, -0.15) is 5.10 Å². The summed E-state index contributed by atoms with van der Waals surface area (Å²) in [4.78, 5) is 12.0. The Morgan fingerprint density at radius 2 is 2.10 bits per heavy atom. The van der Waals surface area contributed by atoms with Gasteiger partial charge in [-0.25, -0.2) is 4.68 Å². The molecule has 0 amide bonds. The molecule has 2 rings (SSSR count). The average Bonchev–Trinajstić information content (AvgIpc) is 2.47. The smallest absolute Gasteiger partial charge is 0.271 e. The van der Waals surface area contributed by atoms with Crippen LogP contribution in [0.4, 0.5) is 0 Å². The van der Waals surface area contributed by atoms with Crippen LogP contribution in [0.1, 0.15) is 18.1 Å². The molecule has 0 aliphatic heterocycles. The van der Waals surface area contributed by atoms with Crippen LogP contribution in [0, 0.1) is 6.92 Å². The van der Waals surface area contributed by atoms with Gasteiger partial charge in [-0.3, -0.25) is 4.79 Å². The van der Waals surface area contributed by atoms with E-state index in [0.29, 0.717) is 17.8 Å². The lowest BCUT2D eigenvalue weighted by Gasteiger charge is -2.12. The number of aryl methyl sites for hydroxylation is 2. The summed E-state index contributed by atoms with van der Waals surface area (Å²) in [7, 11) is 1.62. The molecule has 0 saturated heterocycles. The first kappa shape index (κ1) is 14.3. The van der Waals surface area contributed by atoms with E-state index in [9.17, 15) is 4.79 Å². The number of aromatic nitrogens is 2. The third-order valence-electron chi connectivity index (χ3n) is 3.20. The first-order valence-electron chi connectivity index (χ1n) is 6.56. The Hall–Kier alpha value is -2.14. The van der Waals surface area contributed by atoms with E-state index in [4.69, 9.17) is 10.5 Å². The van der Waals surface area contributed by atoms with Gasteiger partial charge < -0.3 is 10.5 Å². The molecule has 0 bridgehead atoms. The minimum Gasteiger partial charge on any atom is -0.496 e. The molecule has 106 valence electrons. The summed E-state index contributed by atoms with van der Waals surface area (Å²) in [6, 6.07) is 7.61. The van der Waals surface area contributed by atoms with E-state index in [0.717, 1.165) is 16.9 Å². The van der Waals surface area contributed by atoms with Crippen molar-refractivity contribution in [2.45, 2.75) is 26.9 Å². The van der Waals surface area contributed by atoms with Gasteiger partial charge in [-0.1, -0.05) is 11.6 Å². The van der Waals surface area contributed by atoms with Gasteiger partial charge in [0.25, 0.3) is 5.56 Å². The minimum absolute atomic E-state index is 0.134. The molecule has 0 spiro atoms. The largest absolute Gasteiger partial charge is 0.496 e. The monoisotopic (exact) mass is 273 g/mol. The summed E-state index contributed by atoms with van der Waals surface area (Å²) in [5.41, 5.74) is 8.74. The van der Waals surface area contributed by atoms with E-state index in [1.165, 1.54) is 4.68 Å². The van der Waals surface area contributed by atoms with E-state index in [1.807, 2.05) is 32.0 Å². The molecule has 0 saturated carbocycles. The van der Waals surface area contributed by atoms with Crippen molar-refractivity contribution in [2.24, 2.45) is 5.73 Å².